The Balaban J connectivity index is 1.85. The Morgan fingerprint density at radius 2 is 2.25 bits per heavy atom. The number of pyridine rings is 1. The van der Waals surface area contributed by atoms with Gasteiger partial charge >= 0.3 is 0 Å². The lowest BCUT2D eigenvalue weighted by atomic mass is 10.2. The Morgan fingerprint density at radius 3 is 3.00 bits per heavy atom. The van der Waals surface area contributed by atoms with E-state index in [1.165, 1.54) is 0 Å². The molecule has 0 saturated carbocycles. The number of ether oxygens (including phenoxy) is 1. The van der Waals surface area contributed by atoms with E-state index < -0.39 is 0 Å². The highest BCUT2D eigenvalue weighted by Gasteiger charge is 1.97. The maximum atomic E-state index is 5.05. The molecule has 0 fully saturated rings. The topological polar surface area (TPSA) is 62.8 Å². The van der Waals surface area contributed by atoms with Crippen molar-refractivity contribution in [1.82, 2.24) is 20.3 Å². The van der Waals surface area contributed by atoms with Crippen molar-refractivity contribution in [3.63, 3.8) is 0 Å². The van der Waals surface area contributed by atoms with Crippen LogP contribution in [0.1, 0.15) is 11.4 Å². The van der Waals surface area contributed by atoms with Crippen molar-refractivity contribution in [1.29, 1.82) is 0 Å². The fraction of sp³-hybridized carbons (Fsp3) is 0.273. The van der Waals surface area contributed by atoms with Gasteiger partial charge in [0.05, 0.1) is 13.7 Å². The molecule has 5 nitrogen and oxygen atoms in total. The summed E-state index contributed by atoms with van der Waals surface area (Å²) in [6, 6.07) is 3.87. The van der Waals surface area contributed by atoms with E-state index in [0.717, 1.165) is 24.5 Å². The van der Waals surface area contributed by atoms with E-state index in [-0.39, 0.29) is 0 Å². The SMILES string of the molecule is COc1cc(CNCc2ncc[nH]2)ccn1. The van der Waals surface area contributed by atoms with E-state index in [0.29, 0.717) is 5.88 Å². The minimum atomic E-state index is 0.636. The second-order valence-corrected chi connectivity index (χ2v) is 3.35. The van der Waals surface area contributed by atoms with Gasteiger partial charge in [-0.1, -0.05) is 0 Å². The quantitative estimate of drug-likeness (QED) is 0.789. The fourth-order valence-corrected chi connectivity index (χ4v) is 1.39. The van der Waals surface area contributed by atoms with E-state index in [4.69, 9.17) is 4.74 Å². The highest BCUT2D eigenvalue weighted by atomic mass is 16.5. The first-order valence-electron chi connectivity index (χ1n) is 5.06. The van der Waals surface area contributed by atoms with E-state index in [9.17, 15) is 0 Å². The number of rotatable bonds is 5. The molecular weight excluding hydrogens is 204 g/mol. The van der Waals surface area contributed by atoms with E-state index in [1.54, 1.807) is 19.5 Å². The molecule has 0 spiro atoms. The van der Waals surface area contributed by atoms with Gasteiger partial charge in [-0.25, -0.2) is 9.97 Å². The van der Waals surface area contributed by atoms with Crippen LogP contribution in [-0.2, 0) is 13.1 Å². The Morgan fingerprint density at radius 1 is 1.31 bits per heavy atom. The van der Waals surface area contributed by atoms with Gasteiger partial charge in [0.1, 0.15) is 5.82 Å². The highest BCUT2D eigenvalue weighted by Crippen LogP contribution is 2.08. The lowest BCUT2D eigenvalue weighted by molar-refractivity contribution is 0.397. The first-order chi connectivity index (χ1) is 7.88. The average Bonchev–Trinajstić information content (AvgIpc) is 2.82. The summed E-state index contributed by atoms with van der Waals surface area (Å²) < 4.78 is 5.05. The number of aromatic amines is 1. The van der Waals surface area contributed by atoms with Crippen LogP contribution in [0.2, 0.25) is 0 Å². The molecule has 0 aliphatic carbocycles. The summed E-state index contributed by atoms with van der Waals surface area (Å²) in [7, 11) is 1.61. The highest BCUT2D eigenvalue weighted by molar-refractivity contribution is 5.20. The summed E-state index contributed by atoms with van der Waals surface area (Å²) >= 11 is 0. The molecule has 2 aromatic heterocycles. The molecule has 0 bridgehead atoms. The number of aromatic nitrogens is 3. The smallest absolute Gasteiger partial charge is 0.213 e. The van der Waals surface area contributed by atoms with Crippen LogP contribution in [0.15, 0.2) is 30.7 Å². The summed E-state index contributed by atoms with van der Waals surface area (Å²) in [5.41, 5.74) is 1.14. The molecule has 16 heavy (non-hydrogen) atoms. The van der Waals surface area contributed by atoms with Crippen molar-refractivity contribution < 1.29 is 4.74 Å². The van der Waals surface area contributed by atoms with Crippen LogP contribution in [0.5, 0.6) is 5.88 Å². The van der Waals surface area contributed by atoms with E-state index in [1.807, 2.05) is 18.3 Å². The third kappa shape index (κ3) is 2.80. The minimum absolute atomic E-state index is 0.636. The van der Waals surface area contributed by atoms with Crippen molar-refractivity contribution in [3.8, 4) is 5.88 Å². The Kier molecular flexibility index (Phi) is 3.50. The molecule has 0 amide bonds. The van der Waals surface area contributed by atoms with Crippen molar-refractivity contribution >= 4 is 0 Å². The average molecular weight is 218 g/mol. The lowest BCUT2D eigenvalue weighted by Gasteiger charge is -2.04. The number of methoxy groups -OCH3 is 1. The second-order valence-electron chi connectivity index (χ2n) is 3.35. The van der Waals surface area contributed by atoms with Crippen LogP contribution >= 0.6 is 0 Å². The Bertz CT molecular complexity index is 427. The number of H-pyrrole nitrogens is 1. The molecule has 5 heteroatoms. The van der Waals surface area contributed by atoms with Crippen LogP contribution in [0.3, 0.4) is 0 Å². The third-order valence-electron chi connectivity index (χ3n) is 2.18. The predicted octanol–water partition coefficient (Wildman–Crippen LogP) is 1.10. The van der Waals surface area contributed by atoms with Gasteiger partial charge in [0.2, 0.25) is 5.88 Å². The molecule has 2 N–H and O–H groups in total. The third-order valence-corrected chi connectivity index (χ3v) is 2.18. The molecule has 0 aliphatic rings. The van der Waals surface area contributed by atoms with E-state index in [2.05, 4.69) is 20.3 Å². The van der Waals surface area contributed by atoms with Gasteiger partial charge in [0.25, 0.3) is 0 Å². The molecule has 0 aromatic carbocycles. The molecule has 2 rings (SSSR count). The monoisotopic (exact) mass is 218 g/mol. The summed E-state index contributed by atoms with van der Waals surface area (Å²) in [6.07, 6.45) is 5.29. The Labute approximate surface area is 93.9 Å². The summed E-state index contributed by atoms with van der Waals surface area (Å²) in [5.74, 6) is 1.57. The standard InChI is InChI=1S/C11H14N4O/c1-16-11-6-9(2-3-15-11)7-12-8-10-13-4-5-14-10/h2-6,12H,7-8H2,1H3,(H,13,14). The lowest BCUT2D eigenvalue weighted by Crippen LogP contribution is -2.13. The first-order valence-corrected chi connectivity index (χ1v) is 5.06. The second kappa shape index (κ2) is 5.27. The number of imidazole rings is 1. The van der Waals surface area contributed by atoms with Crippen LogP contribution in [0.4, 0.5) is 0 Å². The van der Waals surface area contributed by atoms with Gasteiger partial charge in [-0.2, -0.15) is 0 Å². The maximum Gasteiger partial charge on any atom is 0.213 e. The first kappa shape index (κ1) is 10.6. The number of hydrogen-bond donors (Lipinski definition) is 2. The molecule has 2 heterocycles. The summed E-state index contributed by atoms with van der Waals surface area (Å²) in [5, 5.41) is 3.28. The molecule has 0 radical (unpaired) electrons. The number of nitrogens with zero attached hydrogens (tertiary/aromatic N) is 2. The zero-order valence-corrected chi connectivity index (χ0v) is 9.10. The van der Waals surface area contributed by atoms with Crippen LogP contribution in [0.25, 0.3) is 0 Å². The van der Waals surface area contributed by atoms with Crippen LogP contribution < -0.4 is 10.1 Å². The van der Waals surface area contributed by atoms with Crippen molar-refractivity contribution in [2.45, 2.75) is 13.1 Å². The van der Waals surface area contributed by atoms with Gasteiger partial charge in [-0.3, -0.25) is 0 Å². The molecule has 0 saturated heterocycles. The van der Waals surface area contributed by atoms with Crippen molar-refractivity contribution in [2.24, 2.45) is 0 Å². The molecule has 2 aromatic rings. The fourth-order valence-electron chi connectivity index (χ4n) is 1.39. The molecule has 84 valence electrons. The predicted molar refractivity (Wildman–Crippen MR) is 59.9 cm³/mol. The molecule has 0 aliphatic heterocycles. The zero-order valence-electron chi connectivity index (χ0n) is 9.10. The largest absolute Gasteiger partial charge is 0.481 e. The molecule has 0 atom stereocenters. The van der Waals surface area contributed by atoms with Gasteiger partial charge in [-0.05, 0) is 11.6 Å². The van der Waals surface area contributed by atoms with Crippen molar-refractivity contribution in [3.05, 3.63) is 42.1 Å². The molecular formula is C11H14N4O. The summed E-state index contributed by atoms with van der Waals surface area (Å²) in [6.45, 7) is 1.48. The Hall–Kier alpha value is -1.88. The maximum absolute atomic E-state index is 5.05. The van der Waals surface area contributed by atoms with Gasteiger partial charge in [0.15, 0.2) is 0 Å². The van der Waals surface area contributed by atoms with E-state index >= 15 is 0 Å². The summed E-state index contributed by atoms with van der Waals surface area (Å²) in [4.78, 5) is 11.2. The number of nitrogens with one attached hydrogen (secondary N) is 2. The van der Waals surface area contributed by atoms with Gasteiger partial charge < -0.3 is 15.0 Å². The zero-order chi connectivity index (χ0) is 11.2. The van der Waals surface area contributed by atoms with Crippen LogP contribution in [-0.4, -0.2) is 22.1 Å². The number of hydrogen-bond acceptors (Lipinski definition) is 4. The minimum Gasteiger partial charge on any atom is -0.481 e. The van der Waals surface area contributed by atoms with Crippen LogP contribution in [0, 0.1) is 0 Å². The molecule has 0 unspecified atom stereocenters. The van der Waals surface area contributed by atoms with Gasteiger partial charge in [0, 0.05) is 31.2 Å². The normalized spacial score (nSPS) is 10.3. The van der Waals surface area contributed by atoms with Crippen molar-refractivity contribution in [2.75, 3.05) is 7.11 Å². The van der Waals surface area contributed by atoms with Gasteiger partial charge in [-0.15, -0.1) is 0 Å².